The predicted octanol–water partition coefficient (Wildman–Crippen LogP) is 1.92. The third kappa shape index (κ3) is 2.49. The van der Waals surface area contributed by atoms with E-state index in [1.165, 1.54) is 0 Å². The minimum Gasteiger partial charge on any atom is -0.497 e. The number of aryl methyl sites for hydroxylation is 1. The molecule has 0 spiro atoms. The van der Waals surface area contributed by atoms with Gasteiger partial charge in [-0.3, -0.25) is 4.79 Å². The summed E-state index contributed by atoms with van der Waals surface area (Å²) in [6.45, 7) is 2.23. The fraction of sp³-hybridized carbons (Fsp3) is 0.400. The molecule has 0 N–H and O–H groups in total. The SMILES string of the molecule is COc1ccc(N2CC(c3noc(C)n3)CC2=O)c(OC)c1. The number of ether oxygens (including phenoxy) is 2. The summed E-state index contributed by atoms with van der Waals surface area (Å²) < 4.78 is 15.5. The Labute approximate surface area is 127 Å². The van der Waals surface area contributed by atoms with Gasteiger partial charge in [0.15, 0.2) is 5.82 Å². The van der Waals surface area contributed by atoms with Crippen molar-refractivity contribution in [2.24, 2.45) is 0 Å². The maximum absolute atomic E-state index is 12.3. The third-order valence-electron chi connectivity index (χ3n) is 3.71. The summed E-state index contributed by atoms with van der Waals surface area (Å²) in [7, 11) is 3.16. The zero-order valence-corrected chi connectivity index (χ0v) is 12.7. The van der Waals surface area contributed by atoms with Crippen LogP contribution in [0, 0.1) is 6.92 Å². The van der Waals surface area contributed by atoms with E-state index < -0.39 is 0 Å². The van der Waals surface area contributed by atoms with Crippen LogP contribution in [0.4, 0.5) is 5.69 Å². The number of carbonyl (C=O) groups is 1. The summed E-state index contributed by atoms with van der Waals surface area (Å²) in [6, 6.07) is 5.38. The van der Waals surface area contributed by atoms with Crippen molar-refractivity contribution in [2.45, 2.75) is 19.3 Å². The van der Waals surface area contributed by atoms with Crippen molar-refractivity contribution in [3.05, 3.63) is 29.9 Å². The molecule has 1 aliphatic heterocycles. The number of hydrogen-bond donors (Lipinski definition) is 0. The van der Waals surface area contributed by atoms with Gasteiger partial charge in [0.25, 0.3) is 0 Å². The molecule has 3 rings (SSSR count). The smallest absolute Gasteiger partial charge is 0.227 e. The number of methoxy groups -OCH3 is 2. The number of aromatic nitrogens is 2. The molecule has 1 aromatic carbocycles. The lowest BCUT2D eigenvalue weighted by atomic mass is 10.1. The van der Waals surface area contributed by atoms with E-state index in [0.29, 0.717) is 36.2 Å². The van der Waals surface area contributed by atoms with Gasteiger partial charge in [-0.15, -0.1) is 0 Å². The average molecular weight is 303 g/mol. The first-order valence-corrected chi connectivity index (χ1v) is 6.95. The highest BCUT2D eigenvalue weighted by molar-refractivity contribution is 5.97. The lowest BCUT2D eigenvalue weighted by molar-refractivity contribution is -0.117. The first-order chi connectivity index (χ1) is 10.6. The second-order valence-electron chi connectivity index (χ2n) is 5.11. The minimum atomic E-state index is -0.0724. The second-order valence-corrected chi connectivity index (χ2v) is 5.11. The van der Waals surface area contributed by atoms with E-state index >= 15 is 0 Å². The Morgan fingerprint density at radius 1 is 1.32 bits per heavy atom. The molecule has 22 heavy (non-hydrogen) atoms. The predicted molar refractivity (Wildman–Crippen MR) is 78.3 cm³/mol. The van der Waals surface area contributed by atoms with Crippen LogP contribution >= 0.6 is 0 Å². The van der Waals surface area contributed by atoms with Crippen LogP contribution in [0.3, 0.4) is 0 Å². The molecule has 116 valence electrons. The van der Waals surface area contributed by atoms with Gasteiger partial charge < -0.3 is 18.9 Å². The second kappa shape index (κ2) is 5.67. The maximum atomic E-state index is 12.3. The van der Waals surface area contributed by atoms with Gasteiger partial charge in [0.2, 0.25) is 11.8 Å². The Hall–Kier alpha value is -2.57. The molecule has 0 saturated carbocycles. The van der Waals surface area contributed by atoms with E-state index in [1.54, 1.807) is 38.2 Å². The Morgan fingerprint density at radius 3 is 2.77 bits per heavy atom. The molecule has 7 nitrogen and oxygen atoms in total. The highest BCUT2D eigenvalue weighted by Gasteiger charge is 2.35. The summed E-state index contributed by atoms with van der Waals surface area (Å²) in [5.74, 6) is 2.28. The van der Waals surface area contributed by atoms with Crippen LogP contribution in [-0.2, 0) is 4.79 Å². The molecule has 1 saturated heterocycles. The van der Waals surface area contributed by atoms with Crippen LogP contribution in [-0.4, -0.2) is 36.8 Å². The molecule has 0 bridgehead atoms. The molecule has 0 radical (unpaired) electrons. The van der Waals surface area contributed by atoms with Gasteiger partial charge in [0.05, 0.1) is 19.9 Å². The first-order valence-electron chi connectivity index (χ1n) is 6.95. The van der Waals surface area contributed by atoms with Crippen LogP contribution < -0.4 is 14.4 Å². The number of hydrogen-bond acceptors (Lipinski definition) is 6. The van der Waals surface area contributed by atoms with Gasteiger partial charge in [-0.2, -0.15) is 4.98 Å². The fourth-order valence-corrected chi connectivity index (χ4v) is 2.60. The Kier molecular flexibility index (Phi) is 3.70. The van der Waals surface area contributed by atoms with Gasteiger partial charge in [0.1, 0.15) is 11.5 Å². The number of amides is 1. The zero-order chi connectivity index (χ0) is 15.7. The molecule has 1 amide bonds. The first kappa shape index (κ1) is 14.4. The summed E-state index contributed by atoms with van der Waals surface area (Å²) in [5.41, 5.74) is 0.719. The molecule has 7 heteroatoms. The quantitative estimate of drug-likeness (QED) is 0.858. The highest BCUT2D eigenvalue weighted by Crippen LogP contribution is 2.37. The van der Waals surface area contributed by atoms with E-state index in [-0.39, 0.29) is 11.8 Å². The monoisotopic (exact) mass is 303 g/mol. The topological polar surface area (TPSA) is 77.7 Å². The number of anilines is 1. The molecule has 2 heterocycles. The van der Waals surface area contributed by atoms with Gasteiger partial charge >= 0.3 is 0 Å². The van der Waals surface area contributed by atoms with Crippen molar-refractivity contribution >= 4 is 11.6 Å². The van der Waals surface area contributed by atoms with Gasteiger partial charge in [-0.05, 0) is 12.1 Å². The van der Waals surface area contributed by atoms with E-state index in [2.05, 4.69) is 10.1 Å². The summed E-state index contributed by atoms with van der Waals surface area (Å²) in [6.07, 6.45) is 0.355. The lowest BCUT2D eigenvalue weighted by Crippen LogP contribution is -2.24. The number of carbonyl (C=O) groups excluding carboxylic acids is 1. The van der Waals surface area contributed by atoms with Crippen molar-refractivity contribution in [3.8, 4) is 11.5 Å². The van der Waals surface area contributed by atoms with Crippen molar-refractivity contribution in [1.29, 1.82) is 0 Å². The molecule has 2 aromatic rings. The van der Waals surface area contributed by atoms with E-state index in [0.717, 1.165) is 5.69 Å². The summed E-state index contributed by atoms with van der Waals surface area (Å²) in [5, 5.41) is 3.91. The molecular formula is C15H17N3O4. The Morgan fingerprint density at radius 2 is 2.14 bits per heavy atom. The van der Waals surface area contributed by atoms with Gasteiger partial charge in [-0.25, -0.2) is 0 Å². The molecular weight excluding hydrogens is 286 g/mol. The normalized spacial score (nSPS) is 17.9. The minimum absolute atomic E-state index is 0.0101. The Bertz CT molecular complexity index is 698. The van der Waals surface area contributed by atoms with E-state index in [9.17, 15) is 4.79 Å². The molecule has 0 aliphatic carbocycles. The van der Waals surface area contributed by atoms with Gasteiger partial charge in [-0.1, -0.05) is 5.16 Å². The number of rotatable bonds is 4. The zero-order valence-electron chi connectivity index (χ0n) is 12.7. The molecule has 1 aliphatic rings. The molecule has 1 aromatic heterocycles. The molecule has 1 atom stereocenters. The van der Waals surface area contributed by atoms with Crippen molar-refractivity contribution in [2.75, 3.05) is 25.7 Å². The van der Waals surface area contributed by atoms with Crippen molar-refractivity contribution in [1.82, 2.24) is 10.1 Å². The fourth-order valence-electron chi connectivity index (χ4n) is 2.60. The average Bonchev–Trinajstić information content (AvgIpc) is 3.12. The van der Waals surface area contributed by atoms with Crippen molar-refractivity contribution < 1.29 is 18.8 Å². The highest BCUT2D eigenvalue weighted by atomic mass is 16.5. The number of nitrogens with zero attached hydrogens (tertiary/aromatic N) is 3. The van der Waals surface area contributed by atoms with Crippen LogP contribution in [0.5, 0.6) is 11.5 Å². The van der Waals surface area contributed by atoms with Crippen LogP contribution in [0.25, 0.3) is 0 Å². The molecule has 1 fully saturated rings. The summed E-state index contributed by atoms with van der Waals surface area (Å²) >= 11 is 0. The van der Waals surface area contributed by atoms with E-state index in [4.69, 9.17) is 14.0 Å². The largest absolute Gasteiger partial charge is 0.497 e. The Balaban J connectivity index is 1.88. The van der Waals surface area contributed by atoms with Crippen molar-refractivity contribution in [3.63, 3.8) is 0 Å². The van der Waals surface area contributed by atoms with Crippen LogP contribution in [0.1, 0.15) is 24.1 Å². The van der Waals surface area contributed by atoms with Gasteiger partial charge in [0, 0.05) is 31.9 Å². The molecule has 1 unspecified atom stereocenters. The van der Waals surface area contributed by atoms with Crippen LogP contribution in [0.2, 0.25) is 0 Å². The third-order valence-corrected chi connectivity index (χ3v) is 3.71. The lowest BCUT2D eigenvalue weighted by Gasteiger charge is -2.19. The maximum Gasteiger partial charge on any atom is 0.227 e. The van der Waals surface area contributed by atoms with E-state index in [1.807, 2.05) is 6.07 Å². The standard InChI is InChI=1S/C15H17N3O4/c1-9-16-15(17-22-9)10-6-14(19)18(8-10)12-5-4-11(20-2)7-13(12)21-3/h4-5,7,10H,6,8H2,1-3H3. The van der Waals surface area contributed by atoms with Crippen LogP contribution in [0.15, 0.2) is 22.7 Å². The summed E-state index contributed by atoms with van der Waals surface area (Å²) in [4.78, 5) is 18.2. The number of benzene rings is 1.